The van der Waals surface area contributed by atoms with Gasteiger partial charge in [0, 0.05) is 6.20 Å². The Kier molecular flexibility index (Phi) is 2.76. The van der Waals surface area contributed by atoms with Crippen molar-refractivity contribution in [2.45, 2.75) is 0 Å². The fourth-order valence-electron chi connectivity index (χ4n) is 1.16. The summed E-state index contributed by atoms with van der Waals surface area (Å²) in [4.78, 5) is 4.22. The van der Waals surface area contributed by atoms with E-state index in [-0.39, 0.29) is 0 Å². The molecule has 78 valence electrons. The molecule has 6 heteroatoms. The highest BCUT2D eigenvalue weighted by molar-refractivity contribution is 14.1. The van der Waals surface area contributed by atoms with Crippen LogP contribution < -0.4 is 10.5 Å². The number of anilines is 1. The van der Waals surface area contributed by atoms with Crippen LogP contribution >= 0.6 is 22.6 Å². The van der Waals surface area contributed by atoms with Crippen molar-refractivity contribution in [1.29, 1.82) is 0 Å². The molecule has 0 aliphatic rings. The van der Waals surface area contributed by atoms with Crippen molar-refractivity contribution >= 4 is 28.3 Å². The lowest BCUT2D eigenvalue weighted by molar-refractivity contribution is 0.399. The SMILES string of the molecule is COc1nc(-n2cc(I)cn2)ccc1N. The van der Waals surface area contributed by atoms with Gasteiger partial charge < -0.3 is 10.5 Å². The van der Waals surface area contributed by atoms with Crippen LogP contribution in [-0.4, -0.2) is 21.9 Å². The first-order chi connectivity index (χ1) is 7.20. The van der Waals surface area contributed by atoms with E-state index in [0.717, 1.165) is 3.57 Å². The number of nitrogens with zero attached hydrogens (tertiary/aromatic N) is 3. The standard InChI is InChI=1S/C9H9IN4O/c1-15-9-7(11)2-3-8(13-9)14-5-6(10)4-12-14/h2-5H,11H2,1H3. The van der Waals surface area contributed by atoms with Gasteiger partial charge in [-0.05, 0) is 34.7 Å². The zero-order valence-corrected chi connectivity index (χ0v) is 10.2. The van der Waals surface area contributed by atoms with E-state index in [0.29, 0.717) is 17.4 Å². The van der Waals surface area contributed by atoms with E-state index in [4.69, 9.17) is 10.5 Å². The van der Waals surface area contributed by atoms with E-state index in [1.165, 1.54) is 7.11 Å². The van der Waals surface area contributed by atoms with Crippen LogP contribution in [0.15, 0.2) is 24.5 Å². The lowest BCUT2D eigenvalue weighted by Gasteiger charge is -2.05. The van der Waals surface area contributed by atoms with Crippen LogP contribution in [0.1, 0.15) is 0 Å². The zero-order valence-electron chi connectivity index (χ0n) is 8.01. The number of rotatable bonds is 2. The molecule has 0 atom stereocenters. The third kappa shape index (κ3) is 2.04. The van der Waals surface area contributed by atoms with E-state index in [9.17, 15) is 0 Å². The molecule has 0 aliphatic carbocycles. The Morgan fingerprint density at radius 3 is 2.87 bits per heavy atom. The maximum absolute atomic E-state index is 5.66. The smallest absolute Gasteiger partial charge is 0.238 e. The molecular formula is C9H9IN4O. The van der Waals surface area contributed by atoms with Crippen molar-refractivity contribution in [3.05, 3.63) is 28.1 Å². The lowest BCUT2D eigenvalue weighted by atomic mass is 10.4. The molecule has 0 saturated heterocycles. The summed E-state index contributed by atoms with van der Waals surface area (Å²) < 4.78 is 7.75. The minimum atomic E-state index is 0.415. The molecule has 0 unspecified atom stereocenters. The summed E-state index contributed by atoms with van der Waals surface area (Å²) in [5.74, 6) is 1.10. The number of nitrogen functional groups attached to an aromatic ring is 1. The summed E-state index contributed by atoms with van der Waals surface area (Å²) in [6.07, 6.45) is 3.63. The summed E-state index contributed by atoms with van der Waals surface area (Å²) in [6.45, 7) is 0. The minimum absolute atomic E-state index is 0.415. The third-order valence-electron chi connectivity index (χ3n) is 1.85. The van der Waals surface area contributed by atoms with E-state index >= 15 is 0 Å². The normalized spacial score (nSPS) is 10.3. The average molecular weight is 316 g/mol. The number of aromatic nitrogens is 3. The second-order valence-electron chi connectivity index (χ2n) is 2.87. The highest BCUT2D eigenvalue weighted by atomic mass is 127. The van der Waals surface area contributed by atoms with E-state index in [2.05, 4.69) is 32.7 Å². The fourth-order valence-corrected chi connectivity index (χ4v) is 1.55. The second kappa shape index (κ2) is 4.05. The molecule has 15 heavy (non-hydrogen) atoms. The van der Waals surface area contributed by atoms with Crippen LogP contribution in [0.3, 0.4) is 0 Å². The number of hydrogen-bond donors (Lipinski definition) is 1. The summed E-state index contributed by atoms with van der Waals surface area (Å²) in [5, 5.41) is 4.14. The molecule has 0 saturated carbocycles. The lowest BCUT2D eigenvalue weighted by Crippen LogP contribution is -2.02. The van der Waals surface area contributed by atoms with Gasteiger partial charge in [-0.3, -0.25) is 0 Å². The van der Waals surface area contributed by atoms with E-state index in [1.807, 2.05) is 6.20 Å². The molecule has 0 bridgehead atoms. The number of methoxy groups -OCH3 is 1. The quantitative estimate of drug-likeness (QED) is 0.852. The summed E-state index contributed by atoms with van der Waals surface area (Å²) in [5.41, 5.74) is 6.18. The highest BCUT2D eigenvalue weighted by Gasteiger charge is 2.05. The predicted octanol–water partition coefficient (Wildman–Crippen LogP) is 1.46. The Bertz CT molecular complexity index is 483. The van der Waals surface area contributed by atoms with Crippen molar-refractivity contribution in [3.63, 3.8) is 0 Å². The first kappa shape index (κ1) is 10.2. The molecule has 2 N–H and O–H groups in total. The predicted molar refractivity (Wildman–Crippen MR) is 65.0 cm³/mol. The van der Waals surface area contributed by atoms with Crippen LogP contribution in [0, 0.1) is 3.57 Å². The summed E-state index contributed by atoms with van der Waals surface area (Å²) in [6, 6.07) is 3.54. The van der Waals surface area contributed by atoms with Gasteiger partial charge >= 0.3 is 0 Å². The largest absolute Gasteiger partial charge is 0.479 e. The average Bonchev–Trinajstić information content (AvgIpc) is 2.66. The second-order valence-corrected chi connectivity index (χ2v) is 4.12. The Morgan fingerprint density at radius 2 is 2.27 bits per heavy atom. The van der Waals surface area contributed by atoms with Gasteiger partial charge in [0.1, 0.15) is 0 Å². The molecule has 2 heterocycles. The molecule has 2 aromatic rings. The van der Waals surface area contributed by atoms with Crippen LogP contribution in [0.25, 0.3) is 5.82 Å². The maximum Gasteiger partial charge on any atom is 0.238 e. The fraction of sp³-hybridized carbons (Fsp3) is 0.111. The number of nitrogens with two attached hydrogens (primary N) is 1. The zero-order chi connectivity index (χ0) is 10.8. The Balaban J connectivity index is 2.45. The Hall–Kier alpha value is -1.31. The van der Waals surface area contributed by atoms with Gasteiger partial charge in [0.25, 0.3) is 0 Å². The number of pyridine rings is 1. The van der Waals surface area contributed by atoms with Crippen molar-refractivity contribution in [3.8, 4) is 11.7 Å². The van der Waals surface area contributed by atoms with Gasteiger partial charge in [-0.2, -0.15) is 10.1 Å². The Morgan fingerprint density at radius 1 is 1.47 bits per heavy atom. The molecule has 0 fully saturated rings. The first-order valence-corrected chi connectivity index (χ1v) is 5.29. The molecule has 0 aliphatic heterocycles. The van der Waals surface area contributed by atoms with Crippen molar-refractivity contribution in [1.82, 2.24) is 14.8 Å². The van der Waals surface area contributed by atoms with Gasteiger partial charge in [0.15, 0.2) is 5.82 Å². The Labute approximate surface area is 100 Å². The maximum atomic E-state index is 5.66. The van der Waals surface area contributed by atoms with E-state index < -0.39 is 0 Å². The number of halogens is 1. The van der Waals surface area contributed by atoms with Crippen molar-refractivity contribution in [2.24, 2.45) is 0 Å². The third-order valence-corrected chi connectivity index (χ3v) is 2.41. The first-order valence-electron chi connectivity index (χ1n) is 4.22. The monoisotopic (exact) mass is 316 g/mol. The van der Waals surface area contributed by atoms with Crippen molar-refractivity contribution in [2.75, 3.05) is 12.8 Å². The molecule has 0 amide bonds. The molecular weight excluding hydrogens is 307 g/mol. The summed E-state index contributed by atoms with van der Waals surface area (Å²) in [7, 11) is 1.54. The van der Waals surface area contributed by atoms with Gasteiger partial charge in [0.05, 0.1) is 22.6 Å². The molecule has 0 radical (unpaired) electrons. The molecule has 5 nitrogen and oxygen atoms in total. The highest BCUT2D eigenvalue weighted by Crippen LogP contribution is 2.19. The molecule has 2 rings (SSSR count). The van der Waals surface area contributed by atoms with Crippen molar-refractivity contribution < 1.29 is 4.74 Å². The van der Waals surface area contributed by atoms with Crippen LogP contribution in [0.4, 0.5) is 5.69 Å². The molecule has 0 spiro atoms. The van der Waals surface area contributed by atoms with Gasteiger partial charge in [-0.15, -0.1) is 0 Å². The minimum Gasteiger partial charge on any atom is -0.479 e. The van der Waals surface area contributed by atoms with Crippen LogP contribution in [-0.2, 0) is 0 Å². The van der Waals surface area contributed by atoms with Crippen LogP contribution in [0.5, 0.6) is 5.88 Å². The topological polar surface area (TPSA) is 66.0 Å². The number of hydrogen-bond acceptors (Lipinski definition) is 4. The molecule has 2 aromatic heterocycles. The number of ether oxygens (including phenoxy) is 1. The van der Waals surface area contributed by atoms with E-state index in [1.54, 1.807) is 23.0 Å². The van der Waals surface area contributed by atoms with Crippen LogP contribution in [0.2, 0.25) is 0 Å². The van der Waals surface area contributed by atoms with Gasteiger partial charge in [0.2, 0.25) is 5.88 Å². The van der Waals surface area contributed by atoms with Gasteiger partial charge in [-0.1, -0.05) is 0 Å². The van der Waals surface area contributed by atoms with Gasteiger partial charge in [-0.25, -0.2) is 4.68 Å². The molecule has 0 aromatic carbocycles. The summed E-state index contributed by atoms with van der Waals surface area (Å²) >= 11 is 2.19.